The van der Waals surface area contributed by atoms with E-state index < -0.39 is 0 Å². The predicted molar refractivity (Wildman–Crippen MR) is 58.2 cm³/mol. The third kappa shape index (κ3) is 1.60. The van der Waals surface area contributed by atoms with Gasteiger partial charge in [0, 0.05) is 12.6 Å². The van der Waals surface area contributed by atoms with Crippen molar-refractivity contribution in [3.8, 4) is 0 Å². The molecule has 0 fully saturated rings. The quantitative estimate of drug-likeness (QED) is 0.626. The van der Waals surface area contributed by atoms with Gasteiger partial charge in [0.2, 0.25) is 0 Å². The van der Waals surface area contributed by atoms with E-state index in [1.165, 1.54) is 0 Å². The van der Waals surface area contributed by atoms with Gasteiger partial charge in [-0.2, -0.15) is 0 Å². The first kappa shape index (κ1) is 8.38. The fraction of sp³-hybridized carbons (Fsp3) is 0.200. The highest BCUT2D eigenvalue weighted by molar-refractivity contribution is 7.80. The van der Waals surface area contributed by atoms with Crippen LogP contribution >= 0.6 is 12.2 Å². The molecule has 66 valence electrons. The number of hydrogen-bond acceptors (Lipinski definition) is 2. The zero-order valence-corrected chi connectivity index (χ0v) is 8.21. The molecule has 1 aliphatic heterocycles. The molecule has 0 aromatic heterocycles. The molecule has 2 nitrogen and oxygen atoms in total. The van der Waals surface area contributed by atoms with E-state index in [1.807, 2.05) is 37.4 Å². The van der Waals surface area contributed by atoms with Gasteiger partial charge in [-0.15, -0.1) is 0 Å². The van der Waals surface area contributed by atoms with Crippen molar-refractivity contribution in [1.29, 1.82) is 0 Å². The number of hydrogen-bond donors (Lipinski definition) is 0. The van der Waals surface area contributed by atoms with Crippen LogP contribution in [0.2, 0.25) is 0 Å². The van der Waals surface area contributed by atoms with E-state index in [9.17, 15) is 0 Å². The maximum Gasteiger partial charge on any atom is 0.137 e. The minimum absolute atomic E-state index is 0.763. The van der Waals surface area contributed by atoms with Gasteiger partial charge in [-0.05, 0) is 0 Å². The Morgan fingerprint density at radius 2 is 2.00 bits per heavy atom. The summed E-state index contributed by atoms with van der Waals surface area (Å²) in [5.74, 6) is 0.977. The Hall–Kier alpha value is -1.22. The van der Waals surface area contributed by atoms with E-state index in [0.717, 1.165) is 22.9 Å². The Bertz CT molecular complexity index is 356. The van der Waals surface area contributed by atoms with Gasteiger partial charge in [-0.1, -0.05) is 42.5 Å². The smallest absolute Gasteiger partial charge is 0.137 e. The lowest BCUT2D eigenvalue weighted by molar-refractivity contribution is 0.601. The molecule has 1 aromatic carbocycles. The minimum atomic E-state index is 0.763. The Balaban J connectivity index is 2.37. The van der Waals surface area contributed by atoms with Crippen molar-refractivity contribution in [2.75, 3.05) is 13.6 Å². The molecule has 0 aliphatic carbocycles. The lowest BCUT2D eigenvalue weighted by Crippen LogP contribution is -2.23. The molecule has 3 heteroatoms. The van der Waals surface area contributed by atoms with Crippen molar-refractivity contribution >= 4 is 23.0 Å². The second-order valence-corrected chi connectivity index (χ2v) is 3.52. The van der Waals surface area contributed by atoms with Gasteiger partial charge < -0.3 is 4.90 Å². The lowest BCUT2D eigenvalue weighted by Gasteiger charge is -2.12. The van der Waals surface area contributed by atoms with Crippen LogP contribution in [0.15, 0.2) is 35.3 Å². The number of thiocarbonyl (C=S) groups is 1. The fourth-order valence-corrected chi connectivity index (χ4v) is 1.67. The number of likely N-dealkylation sites (N-methyl/N-ethyl adjacent to an activating group) is 1. The SMILES string of the molecule is CN1CC(=S)N=C1c1ccccc1. The Morgan fingerprint density at radius 1 is 1.31 bits per heavy atom. The van der Waals surface area contributed by atoms with E-state index in [4.69, 9.17) is 12.2 Å². The molecule has 0 atom stereocenters. The van der Waals surface area contributed by atoms with Crippen molar-refractivity contribution in [3.05, 3.63) is 35.9 Å². The molecule has 0 saturated heterocycles. The summed E-state index contributed by atoms with van der Waals surface area (Å²) in [5, 5.41) is 0. The highest BCUT2D eigenvalue weighted by Crippen LogP contribution is 2.10. The van der Waals surface area contributed by atoms with Crippen LogP contribution in [0.3, 0.4) is 0 Å². The molecule has 0 amide bonds. The summed E-state index contributed by atoms with van der Waals surface area (Å²) in [7, 11) is 2.01. The number of benzene rings is 1. The Morgan fingerprint density at radius 3 is 2.54 bits per heavy atom. The van der Waals surface area contributed by atoms with Crippen molar-refractivity contribution in [2.45, 2.75) is 0 Å². The van der Waals surface area contributed by atoms with Crippen LogP contribution in [-0.4, -0.2) is 29.3 Å². The van der Waals surface area contributed by atoms with Crippen LogP contribution in [0.5, 0.6) is 0 Å². The van der Waals surface area contributed by atoms with E-state index in [1.54, 1.807) is 0 Å². The summed E-state index contributed by atoms with van der Waals surface area (Å²) in [6, 6.07) is 10.1. The molecule has 1 aromatic rings. The van der Waals surface area contributed by atoms with E-state index in [-0.39, 0.29) is 0 Å². The normalized spacial score (nSPS) is 16.2. The summed E-state index contributed by atoms with van der Waals surface area (Å²) in [6.45, 7) is 0.763. The molecule has 1 heterocycles. The van der Waals surface area contributed by atoms with E-state index in [2.05, 4.69) is 9.89 Å². The predicted octanol–water partition coefficient (Wildman–Crippen LogP) is 1.71. The van der Waals surface area contributed by atoms with Gasteiger partial charge in [-0.25, -0.2) is 4.99 Å². The second kappa shape index (κ2) is 3.26. The van der Waals surface area contributed by atoms with Gasteiger partial charge in [0.25, 0.3) is 0 Å². The maximum absolute atomic E-state index is 5.04. The summed E-state index contributed by atoms with van der Waals surface area (Å²) in [4.78, 5) is 7.15. The first-order valence-electron chi connectivity index (χ1n) is 4.15. The Kier molecular flexibility index (Phi) is 2.10. The summed E-state index contributed by atoms with van der Waals surface area (Å²) in [6.07, 6.45) is 0. The van der Waals surface area contributed by atoms with Crippen molar-refractivity contribution < 1.29 is 0 Å². The lowest BCUT2D eigenvalue weighted by atomic mass is 10.2. The summed E-state index contributed by atoms with van der Waals surface area (Å²) >= 11 is 5.04. The van der Waals surface area contributed by atoms with Gasteiger partial charge >= 0.3 is 0 Å². The topological polar surface area (TPSA) is 15.6 Å². The standard InChI is InChI=1S/C10H10N2S/c1-12-7-9(13)11-10(12)8-5-3-2-4-6-8/h2-6H,7H2,1H3. The molecule has 13 heavy (non-hydrogen) atoms. The molecule has 0 saturated carbocycles. The molecule has 0 unspecified atom stereocenters. The summed E-state index contributed by atoms with van der Waals surface area (Å²) < 4.78 is 0. The van der Waals surface area contributed by atoms with Gasteiger partial charge in [-0.3, -0.25) is 0 Å². The van der Waals surface area contributed by atoms with Crippen LogP contribution < -0.4 is 0 Å². The fourth-order valence-electron chi connectivity index (χ4n) is 1.39. The monoisotopic (exact) mass is 190 g/mol. The molecule has 0 N–H and O–H groups in total. The Labute approximate surface area is 82.9 Å². The van der Waals surface area contributed by atoms with Crippen LogP contribution in [-0.2, 0) is 0 Å². The molecular weight excluding hydrogens is 180 g/mol. The zero-order valence-electron chi connectivity index (χ0n) is 7.40. The first-order valence-corrected chi connectivity index (χ1v) is 4.56. The van der Waals surface area contributed by atoms with Crippen molar-refractivity contribution in [2.24, 2.45) is 4.99 Å². The van der Waals surface area contributed by atoms with Gasteiger partial charge in [0.1, 0.15) is 10.8 Å². The van der Waals surface area contributed by atoms with E-state index in [0.29, 0.717) is 0 Å². The molecular formula is C10H10N2S. The number of nitrogens with zero attached hydrogens (tertiary/aromatic N) is 2. The van der Waals surface area contributed by atoms with E-state index >= 15 is 0 Å². The molecule has 2 rings (SSSR count). The number of amidine groups is 1. The highest BCUT2D eigenvalue weighted by Gasteiger charge is 2.17. The van der Waals surface area contributed by atoms with Crippen molar-refractivity contribution in [3.63, 3.8) is 0 Å². The third-order valence-corrected chi connectivity index (χ3v) is 2.22. The summed E-state index contributed by atoms with van der Waals surface area (Å²) in [5.41, 5.74) is 1.13. The molecule has 0 bridgehead atoms. The number of aliphatic imine (C=N–C) groups is 1. The largest absolute Gasteiger partial charge is 0.352 e. The zero-order chi connectivity index (χ0) is 9.26. The van der Waals surface area contributed by atoms with Crippen molar-refractivity contribution in [1.82, 2.24) is 4.90 Å². The average molecular weight is 190 g/mol. The minimum Gasteiger partial charge on any atom is -0.352 e. The molecule has 0 spiro atoms. The highest BCUT2D eigenvalue weighted by atomic mass is 32.1. The third-order valence-electron chi connectivity index (χ3n) is 2.00. The molecule has 1 aliphatic rings. The van der Waals surface area contributed by atoms with Crippen LogP contribution in [0.25, 0.3) is 0 Å². The van der Waals surface area contributed by atoms with Gasteiger partial charge in [0.05, 0.1) is 6.54 Å². The second-order valence-electron chi connectivity index (χ2n) is 3.05. The first-order chi connectivity index (χ1) is 6.27. The maximum atomic E-state index is 5.04. The van der Waals surface area contributed by atoms with Crippen LogP contribution in [0.1, 0.15) is 5.56 Å². The molecule has 0 radical (unpaired) electrons. The van der Waals surface area contributed by atoms with Crippen LogP contribution in [0.4, 0.5) is 0 Å². The van der Waals surface area contributed by atoms with Gasteiger partial charge in [0.15, 0.2) is 0 Å². The average Bonchev–Trinajstić information content (AvgIpc) is 2.47. The number of rotatable bonds is 1. The van der Waals surface area contributed by atoms with Crippen LogP contribution in [0, 0.1) is 0 Å².